The lowest BCUT2D eigenvalue weighted by molar-refractivity contribution is 0.315. The first-order valence-electron chi connectivity index (χ1n) is 6.86. The second kappa shape index (κ2) is 5.86. The molecule has 0 aromatic carbocycles. The van der Waals surface area contributed by atoms with E-state index in [9.17, 15) is 0 Å². The summed E-state index contributed by atoms with van der Waals surface area (Å²) in [7, 11) is 0. The minimum absolute atomic E-state index is 0.605. The van der Waals surface area contributed by atoms with Crippen molar-refractivity contribution in [1.29, 1.82) is 0 Å². The van der Waals surface area contributed by atoms with E-state index in [2.05, 4.69) is 5.43 Å². The molecule has 2 heteroatoms. The highest BCUT2D eigenvalue weighted by atomic mass is 15.2. The molecular weight excluding hydrogens is 184 g/mol. The lowest BCUT2D eigenvalue weighted by Crippen LogP contribution is -2.40. The molecule has 2 aliphatic carbocycles. The predicted octanol–water partition coefficient (Wildman–Crippen LogP) is 2.98. The maximum absolute atomic E-state index is 5.69. The molecule has 0 aromatic heterocycles. The number of hydrogen-bond acceptors (Lipinski definition) is 2. The van der Waals surface area contributed by atoms with Crippen molar-refractivity contribution in [2.24, 2.45) is 17.7 Å². The first-order chi connectivity index (χ1) is 7.40. The summed E-state index contributed by atoms with van der Waals surface area (Å²) in [5.41, 5.74) is 3.07. The molecule has 0 radical (unpaired) electrons. The quantitative estimate of drug-likeness (QED) is 0.541. The van der Waals surface area contributed by atoms with E-state index in [0.29, 0.717) is 6.04 Å². The van der Waals surface area contributed by atoms with Gasteiger partial charge in [0, 0.05) is 6.04 Å². The fourth-order valence-corrected chi connectivity index (χ4v) is 3.53. The van der Waals surface area contributed by atoms with Gasteiger partial charge in [-0.05, 0) is 37.5 Å². The lowest BCUT2D eigenvalue weighted by Gasteiger charge is -2.23. The Morgan fingerprint density at radius 2 is 1.60 bits per heavy atom. The van der Waals surface area contributed by atoms with Crippen LogP contribution in [0.25, 0.3) is 0 Å². The number of nitrogens with two attached hydrogens (primary N) is 1. The highest BCUT2D eigenvalue weighted by Gasteiger charge is 2.25. The molecule has 2 nitrogen and oxygen atoms in total. The van der Waals surface area contributed by atoms with Crippen LogP contribution < -0.4 is 11.3 Å². The van der Waals surface area contributed by atoms with Gasteiger partial charge in [-0.15, -0.1) is 0 Å². The fraction of sp³-hybridized carbons (Fsp3) is 1.00. The topological polar surface area (TPSA) is 38.0 Å². The molecule has 0 bridgehead atoms. The van der Waals surface area contributed by atoms with Crippen molar-refractivity contribution in [3.05, 3.63) is 0 Å². The average molecular weight is 210 g/mol. The molecule has 88 valence electrons. The van der Waals surface area contributed by atoms with E-state index in [1.165, 1.54) is 64.2 Å². The molecule has 2 aliphatic rings. The predicted molar refractivity (Wildman–Crippen MR) is 64.3 cm³/mol. The summed E-state index contributed by atoms with van der Waals surface area (Å²) >= 11 is 0. The Morgan fingerprint density at radius 1 is 1.00 bits per heavy atom. The molecule has 0 saturated heterocycles. The number of nitrogens with one attached hydrogen (secondary N) is 1. The monoisotopic (exact) mass is 210 g/mol. The van der Waals surface area contributed by atoms with Crippen LogP contribution in [0.2, 0.25) is 0 Å². The minimum atomic E-state index is 0.605. The zero-order chi connectivity index (χ0) is 10.5. The summed E-state index contributed by atoms with van der Waals surface area (Å²) in [4.78, 5) is 0. The van der Waals surface area contributed by atoms with Gasteiger partial charge in [-0.3, -0.25) is 11.3 Å². The Labute approximate surface area is 94.0 Å². The zero-order valence-corrected chi connectivity index (χ0v) is 9.88. The molecule has 2 saturated carbocycles. The Morgan fingerprint density at radius 3 is 2.20 bits per heavy atom. The van der Waals surface area contributed by atoms with Gasteiger partial charge in [0.15, 0.2) is 0 Å². The average Bonchev–Trinajstić information content (AvgIpc) is 2.90. The molecule has 0 heterocycles. The molecule has 0 aromatic rings. The van der Waals surface area contributed by atoms with Crippen molar-refractivity contribution in [3.8, 4) is 0 Å². The Bertz CT molecular complexity index is 169. The first-order valence-corrected chi connectivity index (χ1v) is 6.86. The normalized spacial score (nSPS) is 26.2. The molecule has 2 fully saturated rings. The van der Waals surface area contributed by atoms with E-state index in [1.54, 1.807) is 0 Å². The van der Waals surface area contributed by atoms with E-state index in [0.717, 1.165) is 11.8 Å². The van der Waals surface area contributed by atoms with Gasteiger partial charge in [-0.2, -0.15) is 0 Å². The van der Waals surface area contributed by atoms with Gasteiger partial charge in [0.2, 0.25) is 0 Å². The molecule has 2 rings (SSSR count). The van der Waals surface area contributed by atoms with Crippen LogP contribution in [0.5, 0.6) is 0 Å². The maximum atomic E-state index is 5.69. The maximum Gasteiger partial charge on any atom is 0.0238 e. The Balaban J connectivity index is 1.69. The Hall–Kier alpha value is -0.0800. The van der Waals surface area contributed by atoms with Gasteiger partial charge in [-0.25, -0.2) is 0 Å². The third-order valence-electron chi connectivity index (χ3n) is 4.54. The minimum Gasteiger partial charge on any atom is -0.271 e. The van der Waals surface area contributed by atoms with Crippen molar-refractivity contribution >= 4 is 0 Å². The van der Waals surface area contributed by atoms with Crippen molar-refractivity contribution in [1.82, 2.24) is 5.43 Å². The first kappa shape index (κ1) is 11.4. The van der Waals surface area contributed by atoms with Gasteiger partial charge in [0.1, 0.15) is 0 Å². The molecule has 1 unspecified atom stereocenters. The largest absolute Gasteiger partial charge is 0.271 e. The second-order valence-electron chi connectivity index (χ2n) is 5.55. The molecule has 1 atom stereocenters. The smallest absolute Gasteiger partial charge is 0.0238 e. The van der Waals surface area contributed by atoms with E-state index >= 15 is 0 Å². The number of hydrogen-bond donors (Lipinski definition) is 2. The number of rotatable bonds is 5. The van der Waals surface area contributed by atoms with Gasteiger partial charge < -0.3 is 0 Å². The highest BCUT2D eigenvalue weighted by molar-refractivity contribution is 4.80. The fourth-order valence-electron chi connectivity index (χ4n) is 3.53. The molecule has 0 spiro atoms. The van der Waals surface area contributed by atoms with Crippen molar-refractivity contribution in [3.63, 3.8) is 0 Å². The summed E-state index contributed by atoms with van der Waals surface area (Å²) < 4.78 is 0. The molecule has 0 amide bonds. The summed E-state index contributed by atoms with van der Waals surface area (Å²) in [6.45, 7) is 0. The molecule has 0 aliphatic heterocycles. The standard InChI is InChI=1S/C13H26N2/c14-15-13(12-7-3-4-8-12)10-9-11-5-1-2-6-11/h11-13,15H,1-10,14H2. The summed E-state index contributed by atoms with van der Waals surface area (Å²) in [5, 5.41) is 0. The van der Waals surface area contributed by atoms with Crippen LogP contribution in [0.1, 0.15) is 64.2 Å². The van der Waals surface area contributed by atoms with Gasteiger partial charge in [0.05, 0.1) is 0 Å². The summed E-state index contributed by atoms with van der Waals surface area (Å²) in [6.07, 6.45) is 14.3. The summed E-state index contributed by atoms with van der Waals surface area (Å²) in [5.74, 6) is 7.57. The van der Waals surface area contributed by atoms with Gasteiger partial charge >= 0.3 is 0 Å². The van der Waals surface area contributed by atoms with E-state index in [4.69, 9.17) is 5.84 Å². The Kier molecular flexibility index (Phi) is 4.45. The molecule has 15 heavy (non-hydrogen) atoms. The lowest BCUT2D eigenvalue weighted by atomic mass is 9.90. The van der Waals surface area contributed by atoms with Crippen LogP contribution in [0.15, 0.2) is 0 Å². The van der Waals surface area contributed by atoms with Crippen LogP contribution in [0.4, 0.5) is 0 Å². The third kappa shape index (κ3) is 3.18. The van der Waals surface area contributed by atoms with Crippen molar-refractivity contribution < 1.29 is 0 Å². The van der Waals surface area contributed by atoms with Crippen LogP contribution >= 0.6 is 0 Å². The highest BCUT2D eigenvalue weighted by Crippen LogP contribution is 2.33. The van der Waals surface area contributed by atoms with Crippen LogP contribution in [-0.2, 0) is 0 Å². The van der Waals surface area contributed by atoms with Crippen molar-refractivity contribution in [2.45, 2.75) is 70.3 Å². The van der Waals surface area contributed by atoms with Crippen LogP contribution in [0.3, 0.4) is 0 Å². The van der Waals surface area contributed by atoms with Crippen LogP contribution in [0, 0.1) is 11.8 Å². The SMILES string of the molecule is NNC(CCC1CCCC1)C1CCCC1. The van der Waals surface area contributed by atoms with Gasteiger partial charge in [0.25, 0.3) is 0 Å². The molecule has 3 N–H and O–H groups in total. The molecular formula is C13H26N2. The van der Waals surface area contributed by atoms with Gasteiger partial charge in [-0.1, -0.05) is 38.5 Å². The van der Waals surface area contributed by atoms with Crippen molar-refractivity contribution in [2.75, 3.05) is 0 Å². The third-order valence-corrected chi connectivity index (χ3v) is 4.54. The van der Waals surface area contributed by atoms with E-state index in [-0.39, 0.29) is 0 Å². The van der Waals surface area contributed by atoms with E-state index < -0.39 is 0 Å². The second-order valence-corrected chi connectivity index (χ2v) is 5.55. The zero-order valence-electron chi connectivity index (χ0n) is 9.88. The van der Waals surface area contributed by atoms with Crippen LogP contribution in [-0.4, -0.2) is 6.04 Å². The summed E-state index contributed by atoms with van der Waals surface area (Å²) in [6, 6.07) is 0.605. The van der Waals surface area contributed by atoms with E-state index in [1.807, 2.05) is 0 Å². The number of hydrazine groups is 1.